The van der Waals surface area contributed by atoms with Gasteiger partial charge in [0.25, 0.3) is 5.91 Å². The molecule has 0 N–H and O–H groups in total. The number of piperazine rings is 1. The summed E-state index contributed by atoms with van der Waals surface area (Å²) in [6.07, 6.45) is 5.01. The molecule has 1 fully saturated rings. The van der Waals surface area contributed by atoms with Gasteiger partial charge in [-0.05, 0) is 56.7 Å². The zero-order valence-corrected chi connectivity index (χ0v) is 18.9. The number of pyridine rings is 1. The number of aryl methyl sites for hydroxylation is 2. The van der Waals surface area contributed by atoms with Crippen molar-refractivity contribution in [3.05, 3.63) is 57.6 Å². The van der Waals surface area contributed by atoms with Gasteiger partial charge in [-0.15, -0.1) is 0 Å². The summed E-state index contributed by atoms with van der Waals surface area (Å²) >= 11 is 6.75. The van der Waals surface area contributed by atoms with Crippen molar-refractivity contribution in [1.29, 1.82) is 0 Å². The third kappa shape index (κ3) is 3.54. The summed E-state index contributed by atoms with van der Waals surface area (Å²) in [5.41, 5.74) is 4.26. The fraction of sp³-hybridized carbons (Fsp3) is 0.417. The molecule has 3 aromatic rings. The molecular formula is C24H25ClN4O3. The van der Waals surface area contributed by atoms with Crippen LogP contribution in [0.5, 0.6) is 0 Å². The van der Waals surface area contributed by atoms with Crippen LogP contribution in [0.3, 0.4) is 0 Å². The first-order chi connectivity index (χ1) is 15.5. The Hall–Kier alpha value is -2.93. The molecule has 1 aliphatic carbocycles. The summed E-state index contributed by atoms with van der Waals surface area (Å²) in [7, 11) is 0. The predicted molar refractivity (Wildman–Crippen MR) is 121 cm³/mol. The first-order valence-electron chi connectivity index (χ1n) is 11.0. The molecule has 1 aliphatic heterocycles. The van der Waals surface area contributed by atoms with Crippen molar-refractivity contribution < 1.29 is 14.1 Å². The number of nitrogens with zero attached hydrogens (tertiary/aromatic N) is 4. The van der Waals surface area contributed by atoms with Crippen molar-refractivity contribution in [3.8, 4) is 0 Å². The molecule has 1 saturated heterocycles. The smallest absolute Gasteiger partial charge is 0.276 e. The first kappa shape index (κ1) is 20.9. The van der Waals surface area contributed by atoms with Gasteiger partial charge in [-0.25, -0.2) is 0 Å². The Balaban J connectivity index is 1.57. The molecule has 2 unspecified atom stereocenters. The van der Waals surface area contributed by atoms with Crippen LogP contribution in [0, 0.1) is 6.92 Å². The number of rotatable bonds is 3. The lowest BCUT2D eigenvalue weighted by atomic mass is 9.93. The Bertz CT molecular complexity index is 1210. The van der Waals surface area contributed by atoms with E-state index < -0.39 is 0 Å². The average molecular weight is 453 g/mol. The maximum Gasteiger partial charge on any atom is 0.276 e. The molecule has 32 heavy (non-hydrogen) atoms. The minimum Gasteiger partial charge on any atom is -0.361 e. The molecule has 0 radical (unpaired) electrons. The summed E-state index contributed by atoms with van der Waals surface area (Å²) in [6, 6.07) is 7.21. The van der Waals surface area contributed by atoms with Gasteiger partial charge in [-0.2, -0.15) is 0 Å². The molecule has 0 spiro atoms. The number of carbonyl (C=O) groups excluding carboxylic acids is 2. The molecule has 166 valence electrons. The van der Waals surface area contributed by atoms with Gasteiger partial charge in [0.2, 0.25) is 6.41 Å². The highest BCUT2D eigenvalue weighted by Gasteiger charge is 2.36. The molecule has 2 aliphatic rings. The van der Waals surface area contributed by atoms with Crippen LogP contribution >= 0.6 is 11.6 Å². The second-order valence-electron chi connectivity index (χ2n) is 8.78. The van der Waals surface area contributed by atoms with Crippen LogP contribution in [0.15, 0.2) is 28.8 Å². The van der Waals surface area contributed by atoms with Crippen LogP contribution in [0.1, 0.15) is 58.9 Å². The second-order valence-corrected chi connectivity index (χ2v) is 9.16. The number of aromatic nitrogens is 2. The Kier molecular flexibility index (Phi) is 5.37. The fourth-order valence-electron chi connectivity index (χ4n) is 4.86. The van der Waals surface area contributed by atoms with Crippen LogP contribution in [-0.4, -0.2) is 51.4 Å². The molecule has 0 saturated carbocycles. The molecule has 3 heterocycles. The number of benzene rings is 1. The van der Waals surface area contributed by atoms with E-state index in [-0.39, 0.29) is 23.7 Å². The Morgan fingerprint density at radius 2 is 2.03 bits per heavy atom. The van der Waals surface area contributed by atoms with Gasteiger partial charge in [-0.3, -0.25) is 14.6 Å². The van der Waals surface area contributed by atoms with E-state index in [0.29, 0.717) is 18.8 Å². The molecule has 7 nitrogen and oxygen atoms in total. The van der Waals surface area contributed by atoms with Gasteiger partial charge in [0.1, 0.15) is 5.76 Å². The van der Waals surface area contributed by atoms with Gasteiger partial charge in [0.05, 0.1) is 16.6 Å². The van der Waals surface area contributed by atoms with Crippen molar-refractivity contribution in [3.63, 3.8) is 0 Å². The predicted octanol–water partition coefficient (Wildman–Crippen LogP) is 4.11. The first-order valence-corrected chi connectivity index (χ1v) is 11.4. The zero-order chi connectivity index (χ0) is 22.4. The van der Waals surface area contributed by atoms with E-state index in [1.165, 1.54) is 0 Å². The topological polar surface area (TPSA) is 79.5 Å². The van der Waals surface area contributed by atoms with Crippen molar-refractivity contribution >= 4 is 34.8 Å². The lowest BCUT2D eigenvalue weighted by Gasteiger charge is -2.43. The molecule has 2 aromatic heterocycles. The molecule has 0 bridgehead atoms. The third-order valence-electron chi connectivity index (χ3n) is 6.63. The molecular weight excluding hydrogens is 428 g/mol. The molecule has 5 rings (SSSR count). The van der Waals surface area contributed by atoms with Crippen molar-refractivity contribution in [2.45, 2.75) is 51.6 Å². The quantitative estimate of drug-likeness (QED) is 0.559. The molecule has 2 atom stereocenters. The maximum absolute atomic E-state index is 13.3. The van der Waals surface area contributed by atoms with E-state index in [1.807, 2.05) is 25.1 Å². The SMILES string of the molecule is Cc1cc(C(=O)N2CC(C)N(C=O)CC2c2ccc3c(Cl)c4c(nc3c2)CCCC4)no1. The van der Waals surface area contributed by atoms with E-state index in [9.17, 15) is 9.59 Å². The Labute approximate surface area is 191 Å². The Morgan fingerprint density at radius 3 is 2.78 bits per heavy atom. The van der Waals surface area contributed by atoms with Gasteiger partial charge < -0.3 is 14.3 Å². The van der Waals surface area contributed by atoms with Crippen molar-refractivity contribution in [1.82, 2.24) is 19.9 Å². The number of hydrogen-bond donors (Lipinski definition) is 0. The highest BCUT2D eigenvalue weighted by atomic mass is 35.5. The molecule has 2 amide bonds. The Morgan fingerprint density at radius 1 is 1.22 bits per heavy atom. The third-order valence-corrected chi connectivity index (χ3v) is 7.06. The normalized spacial score (nSPS) is 21.0. The van der Waals surface area contributed by atoms with Gasteiger partial charge >= 0.3 is 0 Å². The van der Waals surface area contributed by atoms with Gasteiger partial charge in [0.15, 0.2) is 5.69 Å². The highest BCUT2D eigenvalue weighted by molar-refractivity contribution is 6.36. The molecule has 8 heteroatoms. The highest BCUT2D eigenvalue weighted by Crippen LogP contribution is 2.36. The second kappa shape index (κ2) is 8.20. The zero-order valence-electron chi connectivity index (χ0n) is 18.2. The summed E-state index contributed by atoms with van der Waals surface area (Å²) in [5, 5.41) is 5.63. The van der Waals surface area contributed by atoms with Crippen LogP contribution < -0.4 is 0 Å². The summed E-state index contributed by atoms with van der Waals surface area (Å²) in [6.45, 7) is 4.50. The minimum absolute atomic E-state index is 0.0965. The van der Waals surface area contributed by atoms with Crippen LogP contribution in [0.4, 0.5) is 0 Å². The lowest BCUT2D eigenvalue weighted by molar-refractivity contribution is -0.123. The fourth-order valence-corrected chi connectivity index (χ4v) is 5.22. The number of fused-ring (bicyclic) bond motifs is 2. The van der Waals surface area contributed by atoms with Crippen LogP contribution in [0.25, 0.3) is 10.9 Å². The number of halogens is 1. The van der Waals surface area contributed by atoms with E-state index in [2.05, 4.69) is 5.16 Å². The average Bonchev–Trinajstić information content (AvgIpc) is 3.24. The largest absolute Gasteiger partial charge is 0.361 e. The maximum atomic E-state index is 13.3. The minimum atomic E-state index is -0.318. The van der Waals surface area contributed by atoms with Gasteiger partial charge in [0, 0.05) is 36.3 Å². The van der Waals surface area contributed by atoms with Crippen molar-refractivity contribution in [2.75, 3.05) is 13.1 Å². The number of hydrogen-bond acceptors (Lipinski definition) is 5. The standard InChI is InChI=1S/C24H25ClN4O3/c1-14-11-29(24(31)21-9-15(2)32-27-21)22(12-28(14)13-30)16-7-8-18-20(10-16)26-19-6-4-3-5-17(19)23(18)25/h7-10,13-14,22H,3-6,11-12H2,1-2H3. The van der Waals surface area contributed by atoms with E-state index in [4.69, 9.17) is 21.1 Å². The van der Waals surface area contributed by atoms with Gasteiger partial charge in [-0.1, -0.05) is 28.9 Å². The summed E-state index contributed by atoms with van der Waals surface area (Å²) in [4.78, 5) is 33.4. The van der Waals surface area contributed by atoms with E-state index >= 15 is 0 Å². The monoisotopic (exact) mass is 452 g/mol. The lowest BCUT2D eigenvalue weighted by Crippen LogP contribution is -2.54. The van der Waals surface area contributed by atoms with E-state index in [1.54, 1.807) is 22.8 Å². The van der Waals surface area contributed by atoms with Crippen LogP contribution in [-0.2, 0) is 17.6 Å². The van der Waals surface area contributed by atoms with E-state index in [0.717, 1.165) is 64.8 Å². The number of carbonyl (C=O) groups is 2. The van der Waals surface area contributed by atoms with Crippen molar-refractivity contribution in [2.24, 2.45) is 0 Å². The number of amides is 2. The summed E-state index contributed by atoms with van der Waals surface area (Å²) < 4.78 is 5.12. The molecule has 1 aromatic carbocycles. The summed E-state index contributed by atoms with van der Waals surface area (Å²) in [5.74, 6) is 0.375. The van der Waals surface area contributed by atoms with Crippen LogP contribution in [0.2, 0.25) is 5.02 Å².